The second-order valence-corrected chi connectivity index (χ2v) is 15.7. The number of thioether (sulfide) groups is 1. The average molecular weight is 838 g/mol. The predicted octanol–water partition coefficient (Wildman–Crippen LogP) is 5.17. The van der Waals surface area contributed by atoms with Gasteiger partial charge in [-0.25, -0.2) is 19.7 Å². The van der Waals surface area contributed by atoms with Crippen molar-refractivity contribution in [3.8, 4) is 34.0 Å². The van der Waals surface area contributed by atoms with Gasteiger partial charge < -0.3 is 18.6 Å². The van der Waals surface area contributed by atoms with Crippen LogP contribution in [-0.2, 0) is 44.4 Å². The number of imide groups is 1. The van der Waals surface area contributed by atoms with Gasteiger partial charge in [0.15, 0.2) is 11.3 Å². The fourth-order valence-electron chi connectivity index (χ4n) is 7.47. The van der Waals surface area contributed by atoms with Gasteiger partial charge in [-0.1, -0.05) is 79.3 Å². The number of nitrogens with zero attached hydrogens (tertiary/aromatic N) is 8. The van der Waals surface area contributed by atoms with Crippen LogP contribution < -0.4 is 25.9 Å². The molecule has 1 fully saturated rings. The van der Waals surface area contributed by atoms with Crippen molar-refractivity contribution in [3.05, 3.63) is 134 Å². The Morgan fingerprint density at radius 1 is 0.836 bits per heavy atom. The lowest BCUT2D eigenvalue weighted by atomic mass is 9.98. The fourth-order valence-corrected chi connectivity index (χ4v) is 8.33. The van der Waals surface area contributed by atoms with Crippen molar-refractivity contribution in [2.75, 3.05) is 6.61 Å². The summed E-state index contributed by atoms with van der Waals surface area (Å²) in [6.07, 6.45) is 1.83. The summed E-state index contributed by atoms with van der Waals surface area (Å²) in [7, 11) is 1.90. The number of amides is 2. The number of benzene rings is 4. The van der Waals surface area contributed by atoms with E-state index in [0.29, 0.717) is 48.4 Å². The predicted molar refractivity (Wildman–Crippen MR) is 228 cm³/mol. The van der Waals surface area contributed by atoms with E-state index in [2.05, 4.69) is 31.0 Å². The van der Waals surface area contributed by atoms with Crippen LogP contribution in [0.3, 0.4) is 0 Å². The lowest BCUT2D eigenvalue weighted by molar-refractivity contribution is -0.118. The van der Waals surface area contributed by atoms with Crippen molar-refractivity contribution < 1.29 is 19.1 Å². The number of aryl methyl sites for hydroxylation is 2. The van der Waals surface area contributed by atoms with Crippen LogP contribution in [0.25, 0.3) is 44.6 Å². The summed E-state index contributed by atoms with van der Waals surface area (Å²) in [4.78, 5) is 60.3. The summed E-state index contributed by atoms with van der Waals surface area (Å²) >= 11 is 1.01. The largest absolute Gasteiger partial charge is 0.492 e. The Labute approximate surface area is 351 Å². The number of hydrogen-bond donors (Lipinski definition) is 3. The van der Waals surface area contributed by atoms with Gasteiger partial charge in [-0.3, -0.25) is 29.6 Å². The molecule has 1 saturated heterocycles. The maximum atomic E-state index is 13.8. The van der Waals surface area contributed by atoms with E-state index in [0.717, 1.165) is 57.0 Å². The third-order valence-corrected chi connectivity index (χ3v) is 11.5. The molecule has 1 atom stereocenters. The molecule has 0 radical (unpaired) electrons. The van der Waals surface area contributed by atoms with Crippen LogP contribution in [0.15, 0.2) is 101 Å². The second-order valence-electron chi connectivity index (χ2n) is 14.6. The maximum Gasteiger partial charge on any atom is 0.293 e. The van der Waals surface area contributed by atoms with Crippen LogP contribution in [0, 0.1) is 0 Å². The highest BCUT2D eigenvalue weighted by Gasteiger charge is 2.31. The number of tetrazole rings is 1. The zero-order valence-electron chi connectivity index (χ0n) is 33.1. The van der Waals surface area contributed by atoms with Gasteiger partial charge in [0, 0.05) is 31.6 Å². The highest BCUT2D eigenvalue weighted by atomic mass is 32.2. The lowest BCUT2D eigenvalue weighted by Crippen LogP contribution is -2.32. The van der Waals surface area contributed by atoms with E-state index in [1.54, 1.807) is 0 Å². The minimum atomic E-state index is -0.428. The molecule has 4 aromatic carbocycles. The number of aromatic amines is 2. The van der Waals surface area contributed by atoms with E-state index in [1.807, 2.05) is 114 Å². The summed E-state index contributed by atoms with van der Waals surface area (Å²) in [5, 5.41) is 18.7. The second kappa shape index (κ2) is 16.7. The molecule has 2 amide bonds. The Bertz CT molecular complexity index is 3030. The molecule has 4 aromatic heterocycles. The van der Waals surface area contributed by atoms with Gasteiger partial charge in [0.25, 0.3) is 16.4 Å². The summed E-state index contributed by atoms with van der Waals surface area (Å²) < 4.78 is 17.1. The molecule has 8 aromatic rings. The number of carbonyl (C=O) groups excluding carboxylic acids is 2. The molecule has 9 rings (SSSR count). The zero-order valence-corrected chi connectivity index (χ0v) is 33.9. The Kier molecular flexibility index (Phi) is 10.7. The first-order chi connectivity index (χ1) is 29.7. The molecule has 61 heavy (non-hydrogen) atoms. The molecule has 18 heteroatoms. The molecule has 17 nitrogen and oxygen atoms in total. The van der Waals surface area contributed by atoms with Crippen molar-refractivity contribution in [1.82, 2.24) is 54.8 Å². The van der Waals surface area contributed by atoms with Gasteiger partial charge in [-0.2, -0.15) is 0 Å². The van der Waals surface area contributed by atoms with Crippen molar-refractivity contribution in [1.29, 1.82) is 0 Å². The van der Waals surface area contributed by atoms with Crippen molar-refractivity contribution in [3.63, 3.8) is 0 Å². The van der Waals surface area contributed by atoms with Crippen LogP contribution in [0.5, 0.6) is 11.5 Å². The summed E-state index contributed by atoms with van der Waals surface area (Å²) in [5.41, 5.74) is 5.84. The van der Waals surface area contributed by atoms with E-state index in [4.69, 9.17) is 19.4 Å². The number of fused-ring (bicyclic) bond motifs is 2. The molecule has 308 valence electrons. The van der Waals surface area contributed by atoms with Gasteiger partial charge in [-0.15, -0.1) is 5.10 Å². The van der Waals surface area contributed by atoms with E-state index < -0.39 is 16.4 Å². The van der Waals surface area contributed by atoms with Crippen molar-refractivity contribution >= 4 is 45.0 Å². The summed E-state index contributed by atoms with van der Waals surface area (Å²) in [6.45, 7) is 2.82. The lowest BCUT2D eigenvalue weighted by Gasteiger charge is -2.11. The van der Waals surface area contributed by atoms with E-state index >= 15 is 0 Å². The Morgan fingerprint density at radius 2 is 1.61 bits per heavy atom. The van der Waals surface area contributed by atoms with Crippen LogP contribution >= 0.6 is 11.8 Å². The van der Waals surface area contributed by atoms with Gasteiger partial charge in [0.2, 0.25) is 5.91 Å². The molecule has 0 aliphatic carbocycles. The molecule has 5 heterocycles. The number of aromatic nitrogens is 10. The number of ether oxygens (including phenoxy) is 2. The van der Waals surface area contributed by atoms with Gasteiger partial charge in [0.1, 0.15) is 41.9 Å². The normalized spacial score (nSPS) is 14.0. The van der Waals surface area contributed by atoms with Gasteiger partial charge >= 0.3 is 0 Å². The van der Waals surface area contributed by atoms with Crippen LogP contribution in [-0.4, -0.2) is 72.5 Å². The number of hydrogen-bond acceptors (Lipinski definition) is 12. The zero-order chi connectivity index (χ0) is 42.0. The first-order valence-corrected chi connectivity index (χ1v) is 20.6. The smallest absolute Gasteiger partial charge is 0.293 e. The Hall–Kier alpha value is -7.34. The first-order valence-electron chi connectivity index (χ1n) is 19.7. The number of H-pyrrole nitrogens is 2. The standard InChI is InChI=1S/C43H39N11O6S/c1-3-6-35-45-37-38(53(35)23-26-9-13-27(14-10-26)30-7-4-5-8-31(30)39-47-50-51-48-39)41(56)49-54(42(37)57)19-20-59-29-17-18-32-33(22-29)52(2)36(44-32)24-60-28-15-11-25(12-16-28)21-34-40(55)46-43(58)61-34/h4-5,7-18,22,34H,3,6,19-21,23-24H2,1-2H3,(H,49,56)(H,46,55,58)(H,47,48,50,51). The molecular weight excluding hydrogens is 799 g/mol. The molecule has 0 bridgehead atoms. The van der Waals surface area contributed by atoms with Gasteiger partial charge in [0.05, 0.1) is 22.8 Å². The summed E-state index contributed by atoms with van der Waals surface area (Å²) in [5.74, 6) is 2.89. The molecule has 1 aliphatic rings. The SMILES string of the molecule is CCCc1nc2c(=O)n(CCOc3ccc4nc(COc5ccc(CC6SC(=O)NC6=O)cc5)n(C)c4c3)[nH]c(=O)c2n1Cc1ccc(-c2ccccc2-c2nnn[nH]2)cc1. The van der Waals surface area contributed by atoms with Crippen LogP contribution in [0.2, 0.25) is 0 Å². The number of carbonyl (C=O) groups is 2. The van der Waals surface area contributed by atoms with E-state index in [9.17, 15) is 19.2 Å². The molecule has 1 aliphatic heterocycles. The highest BCUT2D eigenvalue weighted by Crippen LogP contribution is 2.30. The minimum absolute atomic E-state index is 0.0964. The molecule has 3 N–H and O–H groups in total. The third-order valence-electron chi connectivity index (χ3n) is 10.6. The first kappa shape index (κ1) is 39.1. The van der Waals surface area contributed by atoms with Crippen molar-refractivity contribution in [2.24, 2.45) is 7.05 Å². The van der Waals surface area contributed by atoms with E-state index in [-0.39, 0.29) is 41.9 Å². The van der Waals surface area contributed by atoms with Crippen LogP contribution in [0.1, 0.15) is 36.1 Å². The molecule has 1 unspecified atom stereocenters. The fraction of sp³-hybridized carbons (Fsp3) is 0.233. The summed E-state index contributed by atoms with van der Waals surface area (Å²) in [6, 6.07) is 28.9. The quantitative estimate of drug-likeness (QED) is 0.122. The van der Waals surface area contributed by atoms with Crippen molar-refractivity contribution in [2.45, 2.75) is 51.1 Å². The van der Waals surface area contributed by atoms with Gasteiger partial charge in [-0.05, 0) is 69.8 Å². The minimum Gasteiger partial charge on any atom is -0.492 e. The van der Waals surface area contributed by atoms with E-state index in [1.165, 1.54) is 4.68 Å². The number of nitrogens with one attached hydrogen (secondary N) is 3. The average Bonchev–Trinajstić information content (AvgIpc) is 4.07. The maximum absolute atomic E-state index is 13.8. The molecule has 0 spiro atoms. The monoisotopic (exact) mass is 837 g/mol. The topological polar surface area (TPSA) is 210 Å². The molecule has 0 saturated carbocycles. The number of imidazole rings is 2. The highest BCUT2D eigenvalue weighted by molar-refractivity contribution is 8.15. The number of rotatable bonds is 15. The third kappa shape index (κ3) is 8.04. The Morgan fingerprint density at radius 3 is 2.34 bits per heavy atom. The van der Waals surface area contributed by atoms with Crippen LogP contribution in [0.4, 0.5) is 4.79 Å². The Balaban J connectivity index is 0.858. The molecular formula is C43H39N11O6S.